The van der Waals surface area contributed by atoms with Crippen molar-refractivity contribution in [2.75, 3.05) is 0 Å². The van der Waals surface area contributed by atoms with Gasteiger partial charge in [-0.1, -0.05) is 0 Å². The van der Waals surface area contributed by atoms with Crippen LogP contribution in [0.3, 0.4) is 0 Å². The molecule has 0 aliphatic heterocycles. The minimum absolute atomic E-state index is 0.0686. The lowest BCUT2D eigenvalue weighted by atomic mass is 10.00. The first kappa shape index (κ1) is 12.0. The van der Waals surface area contributed by atoms with Gasteiger partial charge < -0.3 is 15.3 Å². The van der Waals surface area contributed by atoms with Gasteiger partial charge in [0.2, 0.25) is 0 Å². The molecule has 1 rings (SSSR count). The molecule has 1 aromatic rings. The van der Waals surface area contributed by atoms with Crippen molar-refractivity contribution >= 4 is 11.8 Å². The summed E-state index contributed by atoms with van der Waals surface area (Å²) in [5, 5.41) is 27.1. The number of aryl methyl sites for hydroxylation is 1. The van der Waals surface area contributed by atoms with Crippen LogP contribution in [-0.4, -0.2) is 27.1 Å². The molecule has 0 radical (unpaired) electrons. The number of carboxylic acids is 1. The molecule has 5 nitrogen and oxygen atoms in total. The third-order valence-electron chi connectivity index (χ3n) is 2.14. The molecule has 0 fully saturated rings. The van der Waals surface area contributed by atoms with Gasteiger partial charge in [-0.05, 0) is 18.6 Å². The van der Waals surface area contributed by atoms with Crippen molar-refractivity contribution in [1.82, 2.24) is 0 Å². The number of ketones is 1. The van der Waals surface area contributed by atoms with Gasteiger partial charge in [0.05, 0.1) is 12.0 Å². The number of hydrogen-bond donors (Lipinski definition) is 3. The number of phenols is 2. The number of aromatic hydroxyl groups is 2. The second-order valence-electron chi connectivity index (χ2n) is 3.47. The molecule has 0 heterocycles. The Kier molecular flexibility index (Phi) is 3.50. The quantitative estimate of drug-likeness (QED) is 0.673. The number of aliphatic carboxylic acids is 1. The standard InChI is InChI=1S/C11H12O5/c1-6-4-7(12)5-9(14)11(6)8(13)2-3-10(15)16/h4-5,12,14H,2-3H2,1H3,(H,15,16). The monoisotopic (exact) mass is 224 g/mol. The summed E-state index contributed by atoms with van der Waals surface area (Å²) in [6.07, 6.45) is -0.451. The van der Waals surface area contributed by atoms with E-state index in [1.807, 2.05) is 0 Å². The second kappa shape index (κ2) is 4.65. The Balaban J connectivity index is 2.95. The van der Waals surface area contributed by atoms with Crippen molar-refractivity contribution in [1.29, 1.82) is 0 Å². The zero-order valence-corrected chi connectivity index (χ0v) is 8.73. The number of Topliss-reactive ketones (excluding diaryl/α,β-unsaturated/α-hetero) is 1. The number of benzene rings is 1. The van der Waals surface area contributed by atoms with E-state index in [0.717, 1.165) is 6.07 Å². The number of phenolic OH excluding ortho intramolecular Hbond substituents is 2. The minimum atomic E-state index is -1.07. The summed E-state index contributed by atoms with van der Waals surface area (Å²) >= 11 is 0. The van der Waals surface area contributed by atoms with E-state index in [0.29, 0.717) is 5.56 Å². The van der Waals surface area contributed by atoms with E-state index in [1.54, 1.807) is 6.92 Å². The molecule has 16 heavy (non-hydrogen) atoms. The van der Waals surface area contributed by atoms with Gasteiger partial charge in [-0.2, -0.15) is 0 Å². The fourth-order valence-corrected chi connectivity index (χ4v) is 1.46. The van der Waals surface area contributed by atoms with Crippen LogP contribution < -0.4 is 0 Å². The van der Waals surface area contributed by atoms with Crippen LogP contribution in [0.15, 0.2) is 12.1 Å². The fraction of sp³-hybridized carbons (Fsp3) is 0.273. The van der Waals surface area contributed by atoms with Crippen molar-refractivity contribution in [3.05, 3.63) is 23.3 Å². The zero-order chi connectivity index (χ0) is 12.3. The molecule has 0 saturated carbocycles. The topological polar surface area (TPSA) is 94.8 Å². The van der Waals surface area contributed by atoms with Crippen LogP contribution in [0.4, 0.5) is 0 Å². The molecule has 0 unspecified atom stereocenters. The van der Waals surface area contributed by atoms with E-state index in [4.69, 9.17) is 10.2 Å². The summed E-state index contributed by atoms with van der Waals surface area (Å²) in [7, 11) is 0. The molecule has 1 aromatic carbocycles. The Labute approximate surface area is 92.0 Å². The molecule has 0 aliphatic carbocycles. The number of carboxylic acid groups (broad SMARTS) is 1. The van der Waals surface area contributed by atoms with Crippen molar-refractivity contribution in [2.24, 2.45) is 0 Å². The molecule has 86 valence electrons. The highest BCUT2D eigenvalue weighted by Gasteiger charge is 2.16. The Bertz CT molecular complexity index is 413. The van der Waals surface area contributed by atoms with Gasteiger partial charge >= 0.3 is 5.97 Å². The Morgan fingerprint density at radius 3 is 2.31 bits per heavy atom. The number of carbonyl (C=O) groups is 2. The molecular formula is C11H12O5. The van der Waals surface area contributed by atoms with Crippen LogP contribution in [0.25, 0.3) is 0 Å². The zero-order valence-electron chi connectivity index (χ0n) is 8.73. The van der Waals surface area contributed by atoms with E-state index in [2.05, 4.69) is 0 Å². The summed E-state index contributed by atoms with van der Waals surface area (Å²) in [5.41, 5.74) is 0.493. The van der Waals surface area contributed by atoms with E-state index in [1.165, 1.54) is 6.07 Å². The third kappa shape index (κ3) is 2.73. The van der Waals surface area contributed by atoms with Crippen molar-refractivity contribution in [3.63, 3.8) is 0 Å². The summed E-state index contributed by atoms with van der Waals surface area (Å²) in [5.74, 6) is -1.97. The fourth-order valence-electron chi connectivity index (χ4n) is 1.46. The Morgan fingerprint density at radius 2 is 1.81 bits per heavy atom. The molecule has 0 aliphatic rings. The molecule has 3 N–H and O–H groups in total. The average Bonchev–Trinajstić information content (AvgIpc) is 2.12. The van der Waals surface area contributed by atoms with Gasteiger partial charge in [0.1, 0.15) is 11.5 Å². The predicted molar refractivity (Wildman–Crippen MR) is 55.7 cm³/mol. The first-order valence-electron chi connectivity index (χ1n) is 4.69. The molecular weight excluding hydrogens is 212 g/mol. The molecule has 0 bridgehead atoms. The number of rotatable bonds is 4. The van der Waals surface area contributed by atoms with Crippen LogP contribution in [0.5, 0.6) is 11.5 Å². The van der Waals surface area contributed by atoms with E-state index in [-0.39, 0.29) is 29.9 Å². The largest absolute Gasteiger partial charge is 0.508 e. The van der Waals surface area contributed by atoms with Gasteiger partial charge in [0, 0.05) is 12.5 Å². The van der Waals surface area contributed by atoms with Crippen molar-refractivity contribution < 1.29 is 24.9 Å². The van der Waals surface area contributed by atoms with Crippen molar-refractivity contribution in [2.45, 2.75) is 19.8 Å². The Hall–Kier alpha value is -2.04. The number of carbonyl (C=O) groups excluding carboxylic acids is 1. The molecule has 5 heteroatoms. The van der Waals surface area contributed by atoms with Gasteiger partial charge in [-0.25, -0.2) is 0 Å². The maximum atomic E-state index is 11.6. The van der Waals surface area contributed by atoms with E-state index < -0.39 is 11.8 Å². The Morgan fingerprint density at radius 1 is 1.19 bits per heavy atom. The van der Waals surface area contributed by atoms with E-state index >= 15 is 0 Å². The first-order valence-corrected chi connectivity index (χ1v) is 4.69. The van der Waals surface area contributed by atoms with Crippen molar-refractivity contribution in [3.8, 4) is 11.5 Å². The maximum Gasteiger partial charge on any atom is 0.303 e. The van der Waals surface area contributed by atoms with Gasteiger partial charge in [0.15, 0.2) is 5.78 Å². The minimum Gasteiger partial charge on any atom is -0.508 e. The highest BCUT2D eigenvalue weighted by Crippen LogP contribution is 2.27. The van der Waals surface area contributed by atoms with Crippen LogP contribution in [0.1, 0.15) is 28.8 Å². The maximum absolute atomic E-state index is 11.6. The van der Waals surface area contributed by atoms with Gasteiger partial charge in [-0.3, -0.25) is 9.59 Å². The van der Waals surface area contributed by atoms with Crippen LogP contribution in [0.2, 0.25) is 0 Å². The third-order valence-corrected chi connectivity index (χ3v) is 2.14. The molecule has 0 spiro atoms. The lowest BCUT2D eigenvalue weighted by Gasteiger charge is -2.07. The number of hydrogen-bond acceptors (Lipinski definition) is 4. The average molecular weight is 224 g/mol. The summed E-state index contributed by atoms with van der Waals surface area (Å²) in [6.45, 7) is 1.56. The summed E-state index contributed by atoms with van der Waals surface area (Å²) in [6, 6.07) is 2.40. The summed E-state index contributed by atoms with van der Waals surface area (Å²) in [4.78, 5) is 21.9. The van der Waals surface area contributed by atoms with Crippen LogP contribution >= 0.6 is 0 Å². The van der Waals surface area contributed by atoms with Gasteiger partial charge in [-0.15, -0.1) is 0 Å². The molecule has 0 saturated heterocycles. The second-order valence-corrected chi connectivity index (χ2v) is 3.47. The lowest BCUT2D eigenvalue weighted by Crippen LogP contribution is -2.05. The molecule has 0 aromatic heterocycles. The molecule has 0 atom stereocenters. The lowest BCUT2D eigenvalue weighted by molar-refractivity contribution is -0.136. The highest BCUT2D eigenvalue weighted by atomic mass is 16.4. The van der Waals surface area contributed by atoms with Crippen LogP contribution in [-0.2, 0) is 4.79 Å². The van der Waals surface area contributed by atoms with Crippen LogP contribution in [0, 0.1) is 6.92 Å². The summed E-state index contributed by atoms with van der Waals surface area (Å²) < 4.78 is 0. The molecule has 0 amide bonds. The SMILES string of the molecule is Cc1cc(O)cc(O)c1C(=O)CCC(=O)O. The normalized spacial score (nSPS) is 10.1. The highest BCUT2D eigenvalue weighted by molar-refractivity contribution is 6.01. The first-order chi connectivity index (χ1) is 7.41. The van der Waals surface area contributed by atoms with Gasteiger partial charge in [0.25, 0.3) is 0 Å². The van der Waals surface area contributed by atoms with E-state index in [9.17, 15) is 14.7 Å². The predicted octanol–water partition coefficient (Wildman–Crippen LogP) is 1.45. The smallest absolute Gasteiger partial charge is 0.303 e.